The molecule has 2 aliphatic rings. The lowest BCUT2D eigenvalue weighted by Gasteiger charge is -2.32. The molecule has 0 radical (unpaired) electrons. The highest BCUT2D eigenvalue weighted by Crippen LogP contribution is 2.33. The summed E-state index contributed by atoms with van der Waals surface area (Å²) in [5, 5.41) is 2.86. The number of carbonyl (C=O) groups is 2. The van der Waals surface area contributed by atoms with Crippen LogP contribution in [-0.2, 0) is 0 Å². The maximum absolute atomic E-state index is 12.7. The lowest BCUT2D eigenvalue weighted by Crippen LogP contribution is -2.47. The number of ether oxygens (including phenoxy) is 3. The molecule has 2 aliphatic heterocycles. The van der Waals surface area contributed by atoms with E-state index in [1.54, 1.807) is 35.2 Å². The van der Waals surface area contributed by atoms with Gasteiger partial charge in [0.2, 0.25) is 6.79 Å². The summed E-state index contributed by atoms with van der Waals surface area (Å²) in [5.41, 5.74) is 0.578. The van der Waals surface area contributed by atoms with Crippen LogP contribution < -0.4 is 19.5 Å². The van der Waals surface area contributed by atoms with Crippen LogP contribution in [0.2, 0.25) is 0 Å². The maximum atomic E-state index is 12.7. The summed E-state index contributed by atoms with van der Waals surface area (Å²) in [6, 6.07) is 14.1. The van der Waals surface area contributed by atoms with Crippen molar-refractivity contribution in [2.75, 3.05) is 19.9 Å². The molecule has 7 heteroatoms. The highest BCUT2D eigenvalue weighted by Gasteiger charge is 2.26. The van der Waals surface area contributed by atoms with Crippen LogP contribution in [0.5, 0.6) is 17.2 Å². The molecule has 140 valence electrons. The van der Waals surface area contributed by atoms with Gasteiger partial charge in [-0.25, -0.2) is 4.79 Å². The molecular formula is C20H20N2O5. The van der Waals surface area contributed by atoms with E-state index >= 15 is 0 Å². The summed E-state index contributed by atoms with van der Waals surface area (Å²) in [7, 11) is 0. The lowest BCUT2D eigenvalue weighted by atomic mass is 10.0. The smallest absolute Gasteiger partial charge is 0.412 e. The van der Waals surface area contributed by atoms with Crippen molar-refractivity contribution in [3.05, 3.63) is 54.1 Å². The zero-order chi connectivity index (χ0) is 18.6. The average molecular weight is 368 g/mol. The molecule has 27 heavy (non-hydrogen) atoms. The molecule has 0 saturated carbocycles. The fraction of sp³-hybridized carbons (Fsp3) is 0.300. The number of rotatable bonds is 3. The second kappa shape index (κ2) is 7.57. The zero-order valence-corrected chi connectivity index (χ0v) is 14.7. The molecule has 1 fully saturated rings. The molecule has 0 atom stereocenters. The first kappa shape index (κ1) is 17.2. The standard InChI is InChI=1S/C20H20N2O5/c23-19(14-6-7-17-18(12-14)26-13-25-17)22-10-8-15(9-11-22)21-20(24)27-16-4-2-1-3-5-16/h1-7,12,15H,8-11,13H2,(H,21,24). The summed E-state index contributed by atoms with van der Waals surface area (Å²) in [6.45, 7) is 1.33. The normalized spacial score (nSPS) is 16.1. The predicted octanol–water partition coefficient (Wildman–Crippen LogP) is 2.81. The first-order valence-electron chi connectivity index (χ1n) is 8.91. The Bertz CT molecular complexity index is 832. The summed E-state index contributed by atoms with van der Waals surface area (Å²) in [5.74, 6) is 1.72. The molecule has 4 rings (SSSR count). The summed E-state index contributed by atoms with van der Waals surface area (Å²) in [4.78, 5) is 26.5. The fourth-order valence-electron chi connectivity index (χ4n) is 3.23. The van der Waals surface area contributed by atoms with E-state index in [1.165, 1.54) is 0 Å². The van der Waals surface area contributed by atoms with Crippen molar-refractivity contribution in [3.8, 4) is 17.2 Å². The third-order valence-corrected chi connectivity index (χ3v) is 4.68. The molecule has 0 unspecified atom stereocenters. The Hall–Kier alpha value is -3.22. The summed E-state index contributed by atoms with van der Waals surface area (Å²) in [6.07, 6.45) is 0.891. The van der Waals surface area contributed by atoms with Crippen molar-refractivity contribution in [3.63, 3.8) is 0 Å². The van der Waals surface area contributed by atoms with Crippen molar-refractivity contribution < 1.29 is 23.8 Å². The first-order valence-corrected chi connectivity index (χ1v) is 8.91. The minimum Gasteiger partial charge on any atom is -0.454 e. The highest BCUT2D eigenvalue weighted by molar-refractivity contribution is 5.95. The minimum absolute atomic E-state index is 0.0120. The molecule has 0 aromatic heterocycles. The summed E-state index contributed by atoms with van der Waals surface area (Å²) < 4.78 is 15.9. The minimum atomic E-state index is -0.471. The Kier molecular flexibility index (Phi) is 4.82. The molecular weight excluding hydrogens is 348 g/mol. The van der Waals surface area contributed by atoms with Gasteiger partial charge in [0, 0.05) is 24.7 Å². The van der Waals surface area contributed by atoms with Gasteiger partial charge in [0.05, 0.1) is 0 Å². The predicted molar refractivity (Wildman–Crippen MR) is 97.1 cm³/mol. The quantitative estimate of drug-likeness (QED) is 0.901. The van der Waals surface area contributed by atoms with E-state index in [0.29, 0.717) is 48.7 Å². The van der Waals surface area contributed by atoms with Crippen LogP contribution in [0.4, 0.5) is 4.79 Å². The second-order valence-corrected chi connectivity index (χ2v) is 6.48. The number of carbonyl (C=O) groups excluding carboxylic acids is 2. The topological polar surface area (TPSA) is 77.1 Å². The molecule has 7 nitrogen and oxygen atoms in total. The molecule has 2 aromatic rings. The molecule has 1 N–H and O–H groups in total. The van der Waals surface area contributed by atoms with Gasteiger partial charge in [0.1, 0.15) is 5.75 Å². The SMILES string of the molecule is O=C(NC1CCN(C(=O)c2ccc3c(c2)OCO3)CC1)Oc1ccccc1. The average Bonchev–Trinajstić information content (AvgIpc) is 3.16. The van der Waals surface area contributed by atoms with Crippen LogP contribution in [-0.4, -0.2) is 42.8 Å². The molecule has 0 aliphatic carbocycles. The molecule has 1 saturated heterocycles. The van der Waals surface area contributed by atoms with Crippen LogP contribution in [0.15, 0.2) is 48.5 Å². The number of fused-ring (bicyclic) bond motifs is 1. The number of benzene rings is 2. The van der Waals surface area contributed by atoms with Crippen LogP contribution in [0.3, 0.4) is 0 Å². The Morgan fingerprint density at radius 3 is 2.52 bits per heavy atom. The number of hydrogen-bond donors (Lipinski definition) is 1. The van der Waals surface area contributed by atoms with E-state index in [0.717, 1.165) is 0 Å². The largest absolute Gasteiger partial charge is 0.454 e. The summed E-state index contributed by atoms with van der Waals surface area (Å²) >= 11 is 0. The molecule has 0 spiro atoms. The van der Waals surface area contributed by atoms with Crippen molar-refractivity contribution >= 4 is 12.0 Å². The van der Waals surface area contributed by atoms with E-state index in [2.05, 4.69) is 5.32 Å². The van der Waals surface area contributed by atoms with Gasteiger partial charge in [-0.2, -0.15) is 0 Å². The number of nitrogens with one attached hydrogen (secondary N) is 1. The maximum Gasteiger partial charge on any atom is 0.412 e. The molecule has 2 amide bonds. The van der Waals surface area contributed by atoms with Gasteiger partial charge >= 0.3 is 6.09 Å². The van der Waals surface area contributed by atoms with Gasteiger partial charge in [-0.05, 0) is 43.2 Å². The number of likely N-dealkylation sites (tertiary alicyclic amines) is 1. The van der Waals surface area contributed by atoms with Crippen LogP contribution in [0.25, 0.3) is 0 Å². The van der Waals surface area contributed by atoms with E-state index in [1.807, 2.05) is 18.2 Å². The van der Waals surface area contributed by atoms with Crippen LogP contribution in [0, 0.1) is 0 Å². The van der Waals surface area contributed by atoms with Crippen molar-refractivity contribution in [1.29, 1.82) is 0 Å². The van der Waals surface area contributed by atoms with Gasteiger partial charge in [-0.3, -0.25) is 4.79 Å². The first-order chi connectivity index (χ1) is 13.2. The Morgan fingerprint density at radius 2 is 1.74 bits per heavy atom. The molecule has 0 bridgehead atoms. The monoisotopic (exact) mass is 368 g/mol. The number of amides is 2. The Balaban J connectivity index is 1.28. The number of para-hydroxylation sites is 1. The Morgan fingerprint density at radius 1 is 1.00 bits per heavy atom. The van der Waals surface area contributed by atoms with E-state index < -0.39 is 6.09 Å². The van der Waals surface area contributed by atoms with E-state index in [-0.39, 0.29) is 18.7 Å². The van der Waals surface area contributed by atoms with E-state index in [4.69, 9.17) is 14.2 Å². The third-order valence-electron chi connectivity index (χ3n) is 4.68. The van der Waals surface area contributed by atoms with Gasteiger partial charge in [0.15, 0.2) is 11.5 Å². The van der Waals surface area contributed by atoms with Crippen LogP contribution in [0.1, 0.15) is 23.2 Å². The Labute approximate surface area is 156 Å². The zero-order valence-electron chi connectivity index (χ0n) is 14.7. The number of hydrogen-bond acceptors (Lipinski definition) is 5. The number of piperidine rings is 1. The van der Waals surface area contributed by atoms with Crippen molar-refractivity contribution in [1.82, 2.24) is 10.2 Å². The van der Waals surface area contributed by atoms with Crippen molar-refractivity contribution in [2.45, 2.75) is 18.9 Å². The van der Waals surface area contributed by atoms with Gasteiger partial charge in [0.25, 0.3) is 5.91 Å². The van der Waals surface area contributed by atoms with Crippen LogP contribution >= 0.6 is 0 Å². The molecule has 2 aromatic carbocycles. The highest BCUT2D eigenvalue weighted by atomic mass is 16.7. The van der Waals surface area contributed by atoms with E-state index in [9.17, 15) is 9.59 Å². The lowest BCUT2D eigenvalue weighted by molar-refractivity contribution is 0.0706. The second-order valence-electron chi connectivity index (χ2n) is 6.48. The third kappa shape index (κ3) is 3.97. The van der Waals surface area contributed by atoms with Gasteiger partial charge in [-0.15, -0.1) is 0 Å². The fourth-order valence-corrected chi connectivity index (χ4v) is 3.23. The number of nitrogens with zero attached hydrogens (tertiary/aromatic N) is 1. The van der Waals surface area contributed by atoms with Gasteiger partial charge < -0.3 is 24.4 Å². The molecule has 2 heterocycles. The van der Waals surface area contributed by atoms with Gasteiger partial charge in [-0.1, -0.05) is 18.2 Å². The van der Waals surface area contributed by atoms with Crippen molar-refractivity contribution in [2.24, 2.45) is 0 Å².